The normalized spacial score (nSPS) is 17.2. The molecule has 5 nitrogen and oxygen atoms in total. The van der Waals surface area contributed by atoms with Crippen molar-refractivity contribution >= 4 is 24.2 Å². The van der Waals surface area contributed by atoms with E-state index >= 15 is 0 Å². The molecule has 0 spiro atoms. The Morgan fingerprint density at radius 3 is 2.56 bits per heavy atom. The van der Waals surface area contributed by atoms with Crippen LogP contribution in [-0.2, 0) is 22.6 Å². The fourth-order valence-corrected chi connectivity index (χ4v) is 3.04. The molecule has 25 heavy (non-hydrogen) atoms. The molecular weight excluding hydrogens is 338 g/mol. The molecule has 0 saturated heterocycles. The number of nitrogens with zero attached hydrogens (tertiary/aromatic N) is 1. The minimum atomic E-state index is -0.406. The summed E-state index contributed by atoms with van der Waals surface area (Å²) in [6, 6.07) is 7.68. The van der Waals surface area contributed by atoms with Crippen molar-refractivity contribution in [3.8, 4) is 0 Å². The number of amides is 2. The van der Waals surface area contributed by atoms with Gasteiger partial charge in [0.25, 0.3) is 0 Å². The first kappa shape index (κ1) is 21.5. The number of halogens is 1. The molecule has 1 aliphatic rings. The van der Waals surface area contributed by atoms with Crippen LogP contribution >= 0.6 is 12.4 Å². The smallest absolute Gasteiger partial charge is 0.243 e. The highest BCUT2D eigenvalue weighted by atomic mass is 35.5. The zero-order valence-electron chi connectivity index (χ0n) is 15.4. The van der Waals surface area contributed by atoms with Crippen molar-refractivity contribution < 1.29 is 9.59 Å². The topological polar surface area (TPSA) is 61.4 Å². The van der Waals surface area contributed by atoms with Crippen molar-refractivity contribution in [2.24, 2.45) is 5.92 Å². The van der Waals surface area contributed by atoms with Crippen molar-refractivity contribution in [3.05, 3.63) is 35.4 Å². The van der Waals surface area contributed by atoms with Gasteiger partial charge in [0.2, 0.25) is 11.8 Å². The molecule has 0 aromatic heterocycles. The number of carbonyl (C=O) groups is 2. The van der Waals surface area contributed by atoms with Crippen LogP contribution in [0.5, 0.6) is 0 Å². The highest BCUT2D eigenvalue weighted by molar-refractivity contribution is 5.89. The first-order chi connectivity index (χ1) is 11.6. The number of hydrogen-bond donors (Lipinski definition) is 2. The van der Waals surface area contributed by atoms with Gasteiger partial charge in [-0.15, -0.1) is 12.4 Å². The molecule has 1 aliphatic heterocycles. The molecule has 140 valence electrons. The average molecular weight is 368 g/mol. The molecule has 2 atom stereocenters. The number of carbonyl (C=O) groups excluding carboxylic acids is 2. The molecular formula is C19H30ClN3O2. The van der Waals surface area contributed by atoms with E-state index in [1.54, 1.807) is 4.90 Å². The maximum atomic E-state index is 12.8. The zero-order valence-corrected chi connectivity index (χ0v) is 16.2. The fraction of sp³-hybridized carbons (Fsp3) is 0.579. The first-order valence-corrected chi connectivity index (χ1v) is 8.88. The van der Waals surface area contributed by atoms with E-state index in [0.29, 0.717) is 19.5 Å². The second-order valence-corrected chi connectivity index (χ2v) is 6.51. The quantitative estimate of drug-likeness (QED) is 0.726. The maximum absolute atomic E-state index is 12.8. The van der Waals surface area contributed by atoms with Crippen LogP contribution < -0.4 is 10.6 Å². The number of nitrogens with one attached hydrogen (secondary N) is 2. The van der Waals surface area contributed by atoms with Gasteiger partial charge in [0.05, 0.1) is 0 Å². The maximum Gasteiger partial charge on any atom is 0.243 e. The third kappa shape index (κ3) is 5.44. The molecule has 2 N–H and O–H groups in total. The number of benzene rings is 1. The SMILES string of the molecule is CCC(C)C(=O)N1Cc2ccccc2CC1C(=O)NCCCNC.Cl. The van der Waals surface area contributed by atoms with E-state index in [0.717, 1.165) is 24.9 Å². The summed E-state index contributed by atoms with van der Waals surface area (Å²) in [5, 5.41) is 6.05. The third-order valence-electron chi connectivity index (χ3n) is 4.77. The van der Waals surface area contributed by atoms with E-state index in [-0.39, 0.29) is 30.1 Å². The summed E-state index contributed by atoms with van der Waals surface area (Å²) >= 11 is 0. The van der Waals surface area contributed by atoms with Gasteiger partial charge >= 0.3 is 0 Å². The Labute approximate surface area is 157 Å². The molecule has 1 aromatic carbocycles. The molecule has 0 radical (unpaired) electrons. The summed E-state index contributed by atoms with van der Waals surface area (Å²) in [5.74, 6) is -0.0329. The Morgan fingerprint density at radius 2 is 1.92 bits per heavy atom. The van der Waals surface area contributed by atoms with Gasteiger partial charge in [-0.3, -0.25) is 9.59 Å². The summed E-state index contributed by atoms with van der Waals surface area (Å²) in [7, 11) is 1.90. The van der Waals surface area contributed by atoms with Gasteiger partial charge in [-0.1, -0.05) is 38.1 Å². The predicted molar refractivity (Wildman–Crippen MR) is 103 cm³/mol. The van der Waals surface area contributed by atoms with Crippen molar-refractivity contribution in [2.45, 2.75) is 45.7 Å². The molecule has 2 unspecified atom stereocenters. The van der Waals surface area contributed by atoms with Crippen molar-refractivity contribution in [2.75, 3.05) is 20.1 Å². The molecule has 0 aliphatic carbocycles. The van der Waals surface area contributed by atoms with Crippen LogP contribution in [0, 0.1) is 5.92 Å². The molecule has 6 heteroatoms. The van der Waals surface area contributed by atoms with Crippen LogP contribution in [-0.4, -0.2) is 42.9 Å². The minimum Gasteiger partial charge on any atom is -0.354 e. The summed E-state index contributed by atoms with van der Waals surface area (Å²) in [4.78, 5) is 27.2. The monoisotopic (exact) mass is 367 g/mol. The lowest BCUT2D eigenvalue weighted by Gasteiger charge is -2.37. The zero-order chi connectivity index (χ0) is 17.5. The molecule has 0 bridgehead atoms. The fourth-order valence-electron chi connectivity index (χ4n) is 3.04. The van der Waals surface area contributed by atoms with E-state index in [1.165, 1.54) is 5.56 Å². The Kier molecular flexibility index (Phi) is 8.93. The van der Waals surface area contributed by atoms with Crippen molar-refractivity contribution in [3.63, 3.8) is 0 Å². The van der Waals surface area contributed by atoms with Gasteiger partial charge in [-0.2, -0.15) is 0 Å². The van der Waals surface area contributed by atoms with Crippen molar-refractivity contribution in [1.29, 1.82) is 0 Å². The number of hydrogen-bond acceptors (Lipinski definition) is 3. The number of fused-ring (bicyclic) bond motifs is 1. The Balaban J connectivity index is 0.00000312. The standard InChI is InChI=1S/C19H29N3O2.ClH/c1-4-14(2)19(24)22-13-16-9-6-5-8-15(16)12-17(22)18(23)21-11-7-10-20-3;/h5-6,8-9,14,17,20H,4,7,10-13H2,1-3H3,(H,21,23);1H. The minimum absolute atomic E-state index is 0. The molecule has 0 fully saturated rings. The lowest BCUT2D eigenvalue weighted by atomic mass is 9.92. The summed E-state index contributed by atoms with van der Waals surface area (Å²) < 4.78 is 0. The lowest BCUT2D eigenvalue weighted by Crippen LogP contribution is -2.54. The summed E-state index contributed by atoms with van der Waals surface area (Å²) in [5.41, 5.74) is 2.31. The third-order valence-corrected chi connectivity index (χ3v) is 4.77. The Morgan fingerprint density at radius 1 is 1.24 bits per heavy atom. The van der Waals surface area contributed by atoms with Crippen LogP contribution in [0.15, 0.2) is 24.3 Å². The van der Waals surface area contributed by atoms with E-state index in [2.05, 4.69) is 16.7 Å². The Bertz CT molecular complexity index is 580. The van der Waals surface area contributed by atoms with Gasteiger partial charge < -0.3 is 15.5 Å². The largest absolute Gasteiger partial charge is 0.354 e. The average Bonchev–Trinajstić information content (AvgIpc) is 2.62. The van der Waals surface area contributed by atoms with Crippen LogP contribution in [0.2, 0.25) is 0 Å². The van der Waals surface area contributed by atoms with Gasteiger partial charge in [0.15, 0.2) is 0 Å². The van der Waals surface area contributed by atoms with Gasteiger partial charge in [-0.25, -0.2) is 0 Å². The molecule has 1 aromatic rings. The van der Waals surface area contributed by atoms with E-state index in [9.17, 15) is 9.59 Å². The van der Waals surface area contributed by atoms with Gasteiger partial charge in [0.1, 0.15) is 6.04 Å². The second-order valence-electron chi connectivity index (χ2n) is 6.51. The second kappa shape index (κ2) is 10.4. The van der Waals surface area contributed by atoms with E-state index < -0.39 is 6.04 Å². The highest BCUT2D eigenvalue weighted by Gasteiger charge is 2.35. The van der Waals surface area contributed by atoms with Gasteiger partial charge in [0, 0.05) is 25.4 Å². The van der Waals surface area contributed by atoms with E-state index in [4.69, 9.17) is 0 Å². The molecule has 2 amide bonds. The molecule has 0 saturated carbocycles. The van der Waals surface area contributed by atoms with Crippen LogP contribution in [0.1, 0.15) is 37.8 Å². The predicted octanol–water partition coefficient (Wildman–Crippen LogP) is 2.13. The molecule has 1 heterocycles. The highest BCUT2D eigenvalue weighted by Crippen LogP contribution is 2.25. The van der Waals surface area contributed by atoms with Crippen LogP contribution in [0.3, 0.4) is 0 Å². The lowest BCUT2D eigenvalue weighted by molar-refractivity contribution is -0.144. The summed E-state index contributed by atoms with van der Waals surface area (Å²) in [6.45, 7) is 5.96. The van der Waals surface area contributed by atoms with Gasteiger partial charge in [-0.05, 0) is 37.6 Å². The Hall–Kier alpha value is -1.59. The summed E-state index contributed by atoms with van der Waals surface area (Å²) in [6.07, 6.45) is 2.26. The van der Waals surface area contributed by atoms with Crippen LogP contribution in [0.4, 0.5) is 0 Å². The van der Waals surface area contributed by atoms with E-state index in [1.807, 2.05) is 39.1 Å². The first-order valence-electron chi connectivity index (χ1n) is 8.88. The number of rotatable bonds is 7. The van der Waals surface area contributed by atoms with Crippen molar-refractivity contribution in [1.82, 2.24) is 15.5 Å². The molecule has 2 rings (SSSR count). The van der Waals surface area contributed by atoms with Crippen LogP contribution in [0.25, 0.3) is 0 Å².